The number of amides is 2. The van der Waals surface area contributed by atoms with Crippen LogP contribution >= 0.6 is 11.3 Å². The first-order valence-electron chi connectivity index (χ1n) is 5.54. The zero-order chi connectivity index (χ0) is 15.5. The molecule has 0 aliphatic rings. The Morgan fingerprint density at radius 2 is 2.05 bits per heavy atom. The molecule has 0 radical (unpaired) electrons. The summed E-state index contributed by atoms with van der Waals surface area (Å²) in [7, 11) is 0. The van der Waals surface area contributed by atoms with Crippen LogP contribution in [0.3, 0.4) is 0 Å². The molecule has 0 unspecified atom stereocenters. The molecular weight excluding hydrogens is 312 g/mol. The van der Waals surface area contributed by atoms with E-state index in [2.05, 4.69) is 20.8 Å². The van der Waals surface area contributed by atoms with E-state index in [1.807, 2.05) is 0 Å². The fraction of sp³-hybridized carbons (Fsp3) is 0.182. The van der Waals surface area contributed by atoms with E-state index in [0.29, 0.717) is 5.56 Å². The van der Waals surface area contributed by atoms with E-state index in [9.17, 15) is 22.4 Å². The van der Waals surface area contributed by atoms with Gasteiger partial charge in [-0.2, -0.15) is 13.2 Å². The quantitative estimate of drug-likeness (QED) is 0.854. The Bertz CT molecular complexity index is 643. The van der Waals surface area contributed by atoms with Gasteiger partial charge >= 0.3 is 12.2 Å². The summed E-state index contributed by atoms with van der Waals surface area (Å²) in [6, 6.07) is 4.79. The molecule has 0 aliphatic heterocycles. The Hall–Kier alpha value is -2.23. The zero-order valence-corrected chi connectivity index (χ0v) is 11.1. The Morgan fingerprint density at radius 1 is 1.29 bits per heavy atom. The number of carbonyl (C=O) groups is 1. The van der Waals surface area contributed by atoms with Crippen molar-refractivity contribution in [1.82, 2.24) is 15.5 Å². The number of halogens is 4. The van der Waals surface area contributed by atoms with Crippen LogP contribution in [0.1, 0.15) is 10.6 Å². The number of nitrogens with zero attached hydrogens (tertiary/aromatic N) is 2. The highest BCUT2D eigenvalue weighted by molar-refractivity contribution is 7.15. The summed E-state index contributed by atoms with van der Waals surface area (Å²) >= 11 is 0.213. The number of nitrogens with one attached hydrogen (secondary N) is 2. The van der Waals surface area contributed by atoms with Crippen molar-refractivity contribution in [2.45, 2.75) is 12.7 Å². The molecule has 0 saturated carbocycles. The number of anilines is 1. The molecule has 21 heavy (non-hydrogen) atoms. The van der Waals surface area contributed by atoms with Gasteiger partial charge in [-0.1, -0.05) is 23.5 Å². The standard InChI is InChI=1S/C11H8F4N4OS/c12-7-3-1-2-6(4-7)5-16-9(20)17-10-19-18-8(21-10)11(13,14)15/h1-4H,5H2,(H2,16,17,19,20). The first-order chi connectivity index (χ1) is 9.84. The van der Waals surface area contributed by atoms with Gasteiger partial charge < -0.3 is 5.32 Å². The molecule has 2 aromatic rings. The second kappa shape index (κ2) is 6.04. The lowest BCUT2D eigenvalue weighted by Gasteiger charge is -2.05. The topological polar surface area (TPSA) is 66.9 Å². The Balaban J connectivity index is 1.89. The summed E-state index contributed by atoms with van der Waals surface area (Å²) in [5.74, 6) is -0.450. The maximum absolute atomic E-state index is 12.9. The van der Waals surface area contributed by atoms with Crippen molar-refractivity contribution in [2.75, 3.05) is 5.32 Å². The molecule has 0 saturated heterocycles. The maximum atomic E-state index is 12.9. The number of hydrogen-bond acceptors (Lipinski definition) is 4. The molecule has 1 aromatic heterocycles. The van der Waals surface area contributed by atoms with Crippen molar-refractivity contribution in [3.8, 4) is 0 Å². The molecule has 5 nitrogen and oxygen atoms in total. The molecule has 112 valence electrons. The van der Waals surface area contributed by atoms with Crippen molar-refractivity contribution in [3.05, 3.63) is 40.7 Å². The average Bonchev–Trinajstić information content (AvgIpc) is 2.85. The van der Waals surface area contributed by atoms with E-state index in [0.717, 1.165) is 0 Å². The number of alkyl halides is 3. The molecule has 0 fully saturated rings. The lowest BCUT2D eigenvalue weighted by atomic mass is 10.2. The van der Waals surface area contributed by atoms with Crippen molar-refractivity contribution >= 4 is 22.5 Å². The third-order valence-corrected chi connectivity index (χ3v) is 3.11. The molecule has 0 aliphatic carbocycles. The largest absolute Gasteiger partial charge is 0.445 e. The minimum Gasteiger partial charge on any atom is -0.334 e. The molecule has 10 heteroatoms. The molecular formula is C11H8F4N4OS. The monoisotopic (exact) mass is 320 g/mol. The van der Waals surface area contributed by atoms with Crippen molar-refractivity contribution < 1.29 is 22.4 Å². The highest BCUT2D eigenvalue weighted by Crippen LogP contribution is 2.32. The van der Waals surface area contributed by atoms with E-state index in [1.165, 1.54) is 18.2 Å². The van der Waals surface area contributed by atoms with Crippen molar-refractivity contribution in [2.24, 2.45) is 0 Å². The second-order valence-corrected chi connectivity index (χ2v) is 4.83. The van der Waals surface area contributed by atoms with E-state index in [1.54, 1.807) is 6.07 Å². The van der Waals surface area contributed by atoms with Gasteiger partial charge in [-0.05, 0) is 17.7 Å². The maximum Gasteiger partial charge on any atom is 0.445 e. The van der Waals surface area contributed by atoms with Gasteiger partial charge in [0.25, 0.3) is 0 Å². The molecule has 0 spiro atoms. The third-order valence-electron chi connectivity index (χ3n) is 2.23. The van der Waals surface area contributed by atoms with Gasteiger partial charge in [0.05, 0.1) is 0 Å². The lowest BCUT2D eigenvalue weighted by Crippen LogP contribution is -2.28. The van der Waals surface area contributed by atoms with Gasteiger partial charge in [0.15, 0.2) is 0 Å². The van der Waals surface area contributed by atoms with Crippen LogP contribution in [-0.2, 0) is 12.7 Å². The third kappa shape index (κ3) is 4.38. The van der Waals surface area contributed by atoms with Crippen LogP contribution in [-0.4, -0.2) is 16.2 Å². The molecule has 1 heterocycles. The lowest BCUT2D eigenvalue weighted by molar-refractivity contribution is -0.138. The van der Waals surface area contributed by atoms with Crippen LogP contribution in [0.5, 0.6) is 0 Å². The Morgan fingerprint density at radius 3 is 2.67 bits per heavy atom. The van der Waals surface area contributed by atoms with Gasteiger partial charge in [-0.15, -0.1) is 10.2 Å². The highest BCUT2D eigenvalue weighted by Gasteiger charge is 2.35. The molecule has 0 atom stereocenters. The van der Waals surface area contributed by atoms with Gasteiger partial charge in [0, 0.05) is 6.54 Å². The normalized spacial score (nSPS) is 11.2. The minimum atomic E-state index is -4.60. The van der Waals surface area contributed by atoms with E-state index in [4.69, 9.17) is 0 Å². The molecule has 2 N–H and O–H groups in total. The van der Waals surface area contributed by atoms with Crippen LogP contribution in [0.25, 0.3) is 0 Å². The summed E-state index contributed by atoms with van der Waals surface area (Å²) in [5.41, 5.74) is 0.512. The number of carbonyl (C=O) groups excluding carboxylic acids is 1. The first-order valence-corrected chi connectivity index (χ1v) is 6.36. The SMILES string of the molecule is O=C(NCc1cccc(F)c1)Nc1nnc(C(F)(F)F)s1. The van der Waals surface area contributed by atoms with E-state index in [-0.39, 0.29) is 23.0 Å². The smallest absolute Gasteiger partial charge is 0.334 e. The van der Waals surface area contributed by atoms with Crippen LogP contribution in [0.2, 0.25) is 0 Å². The summed E-state index contributed by atoms with van der Waals surface area (Å²) in [6.45, 7) is 0.0223. The number of hydrogen-bond donors (Lipinski definition) is 2. The van der Waals surface area contributed by atoms with E-state index >= 15 is 0 Å². The summed E-state index contributed by atoms with van der Waals surface area (Å²) in [6.07, 6.45) is -4.60. The highest BCUT2D eigenvalue weighted by atomic mass is 32.1. The second-order valence-electron chi connectivity index (χ2n) is 3.85. The number of urea groups is 1. The minimum absolute atomic E-state index is 0.0223. The fourth-order valence-electron chi connectivity index (χ4n) is 1.36. The van der Waals surface area contributed by atoms with Crippen LogP contribution in [0.15, 0.2) is 24.3 Å². The molecule has 2 amide bonds. The van der Waals surface area contributed by atoms with Crippen LogP contribution in [0, 0.1) is 5.82 Å². The van der Waals surface area contributed by atoms with Gasteiger partial charge in [-0.3, -0.25) is 5.32 Å². The predicted octanol–water partition coefficient (Wildman–Crippen LogP) is 3.02. The number of aromatic nitrogens is 2. The Labute approximate surface area is 120 Å². The molecule has 1 aromatic carbocycles. The summed E-state index contributed by atoms with van der Waals surface area (Å²) in [5, 5.41) is 9.19. The first kappa shape index (κ1) is 15.2. The van der Waals surface area contributed by atoms with Gasteiger partial charge in [0.1, 0.15) is 5.82 Å². The summed E-state index contributed by atoms with van der Waals surface area (Å²) in [4.78, 5) is 11.5. The average molecular weight is 320 g/mol. The summed E-state index contributed by atoms with van der Waals surface area (Å²) < 4.78 is 49.8. The van der Waals surface area contributed by atoms with Crippen LogP contribution < -0.4 is 10.6 Å². The van der Waals surface area contributed by atoms with Gasteiger partial charge in [-0.25, -0.2) is 9.18 Å². The van der Waals surface area contributed by atoms with Crippen molar-refractivity contribution in [1.29, 1.82) is 0 Å². The Kier molecular flexibility index (Phi) is 4.36. The number of benzene rings is 1. The molecule has 2 rings (SSSR count). The van der Waals surface area contributed by atoms with Crippen molar-refractivity contribution in [3.63, 3.8) is 0 Å². The predicted molar refractivity (Wildman–Crippen MR) is 67.2 cm³/mol. The van der Waals surface area contributed by atoms with Crippen LogP contribution in [0.4, 0.5) is 27.5 Å². The number of rotatable bonds is 3. The fourth-order valence-corrected chi connectivity index (χ4v) is 1.96. The molecule has 0 bridgehead atoms. The zero-order valence-electron chi connectivity index (χ0n) is 10.2. The van der Waals surface area contributed by atoms with Gasteiger partial charge in [0.2, 0.25) is 10.1 Å². The van der Waals surface area contributed by atoms with E-state index < -0.39 is 23.0 Å².